The fourth-order valence-electron chi connectivity index (χ4n) is 1.01. The zero-order valence-corrected chi connectivity index (χ0v) is 8.34. The molecule has 70 valence electrons. The molecule has 0 aliphatic carbocycles. The zero-order chi connectivity index (χ0) is 9.68. The van der Waals surface area contributed by atoms with Gasteiger partial charge in [-0.15, -0.1) is 0 Å². The van der Waals surface area contributed by atoms with Crippen LogP contribution in [0.4, 0.5) is 0 Å². The Morgan fingerprint density at radius 1 is 1.31 bits per heavy atom. The molecular weight excluding hydrogens is 188 g/mol. The van der Waals surface area contributed by atoms with Crippen molar-refractivity contribution in [2.75, 3.05) is 14.2 Å². The first-order valence-corrected chi connectivity index (χ1v) is 4.19. The molecule has 0 bridgehead atoms. The first-order chi connectivity index (χ1) is 6.29. The highest BCUT2D eigenvalue weighted by atomic mass is 35.5. The smallest absolute Gasteiger partial charge is 0.144 e. The Hall–Kier alpha value is -1.15. The molecular formula is C10H11ClO2. The van der Waals surface area contributed by atoms with Crippen LogP contribution in [0.3, 0.4) is 0 Å². The maximum Gasteiger partial charge on any atom is 0.144 e. The first kappa shape index (κ1) is 9.93. The van der Waals surface area contributed by atoms with Crippen molar-refractivity contribution in [1.82, 2.24) is 0 Å². The number of rotatable bonds is 3. The van der Waals surface area contributed by atoms with Crippen molar-refractivity contribution < 1.29 is 9.47 Å². The number of benzene rings is 1. The minimum Gasteiger partial charge on any atom is -0.504 e. The Bertz CT molecular complexity index is 308. The molecule has 0 N–H and O–H groups in total. The second-order valence-corrected chi connectivity index (χ2v) is 2.81. The van der Waals surface area contributed by atoms with Gasteiger partial charge in [-0.1, -0.05) is 23.7 Å². The third kappa shape index (κ3) is 2.39. The largest absolute Gasteiger partial charge is 0.504 e. The summed E-state index contributed by atoms with van der Waals surface area (Å²) in [5.74, 6) is 0.664. The molecule has 0 fully saturated rings. The predicted octanol–water partition coefficient (Wildman–Crippen LogP) is 2.97. The Labute approximate surface area is 82.7 Å². The molecule has 0 saturated heterocycles. The summed E-state index contributed by atoms with van der Waals surface area (Å²) in [6.07, 6.45) is 3.37. The number of ether oxygens (including phenoxy) is 2. The highest BCUT2D eigenvalue weighted by Gasteiger charge is 2.03. The van der Waals surface area contributed by atoms with Crippen LogP contribution in [0.15, 0.2) is 24.5 Å². The SMILES string of the molecule is COC=Cc1cccc(Cl)c1OC. The van der Waals surface area contributed by atoms with Crippen LogP contribution >= 0.6 is 11.6 Å². The summed E-state index contributed by atoms with van der Waals surface area (Å²) in [6.45, 7) is 0. The third-order valence-electron chi connectivity index (χ3n) is 1.59. The van der Waals surface area contributed by atoms with E-state index in [-0.39, 0.29) is 0 Å². The molecule has 1 aromatic carbocycles. The number of halogens is 1. The summed E-state index contributed by atoms with van der Waals surface area (Å²) in [5.41, 5.74) is 0.900. The van der Waals surface area contributed by atoms with E-state index in [1.807, 2.05) is 12.1 Å². The minimum absolute atomic E-state index is 0.598. The van der Waals surface area contributed by atoms with E-state index in [0.29, 0.717) is 10.8 Å². The summed E-state index contributed by atoms with van der Waals surface area (Å²) >= 11 is 5.91. The lowest BCUT2D eigenvalue weighted by Gasteiger charge is -2.05. The second kappa shape index (κ2) is 4.77. The molecule has 0 unspecified atom stereocenters. The Balaban J connectivity index is 3.05. The Morgan fingerprint density at radius 3 is 2.69 bits per heavy atom. The van der Waals surface area contributed by atoms with Crippen molar-refractivity contribution in [3.8, 4) is 5.75 Å². The molecule has 0 spiro atoms. The average Bonchev–Trinajstić information content (AvgIpc) is 2.15. The molecule has 2 nitrogen and oxygen atoms in total. The Morgan fingerprint density at radius 2 is 2.08 bits per heavy atom. The fourth-order valence-corrected chi connectivity index (χ4v) is 1.27. The van der Waals surface area contributed by atoms with Crippen LogP contribution in [-0.2, 0) is 4.74 Å². The first-order valence-electron chi connectivity index (χ1n) is 3.81. The highest BCUT2D eigenvalue weighted by Crippen LogP contribution is 2.28. The molecule has 0 amide bonds. The average molecular weight is 199 g/mol. The van der Waals surface area contributed by atoms with Crippen LogP contribution in [0.25, 0.3) is 6.08 Å². The molecule has 0 aromatic heterocycles. The maximum atomic E-state index is 5.91. The van der Waals surface area contributed by atoms with Crippen LogP contribution in [-0.4, -0.2) is 14.2 Å². The lowest BCUT2D eigenvalue weighted by atomic mass is 10.2. The van der Waals surface area contributed by atoms with Crippen molar-refractivity contribution >= 4 is 17.7 Å². The summed E-state index contributed by atoms with van der Waals surface area (Å²) < 4.78 is 9.94. The topological polar surface area (TPSA) is 18.5 Å². The molecule has 0 aliphatic heterocycles. The lowest BCUT2D eigenvalue weighted by molar-refractivity contribution is 0.341. The van der Waals surface area contributed by atoms with Gasteiger partial charge < -0.3 is 9.47 Å². The monoisotopic (exact) mass is 198 g/mol. The van der Waals surface area contributed by atoms with Gasteiger partial charge in [-0.3, -0.25) is 0 Å². The van der Waals surface area contributed by atoms with E-state index in [0.717, 1.165) is 5.56 Å². The van der Waals surface area contributed by atoms with E-state index in [9.17, 15) is 0 Å². The van der Waals surface area contributed by atoms with Crippen molar-refractivity contribution in [1.29, 1.82) is 0 Å². The number of para-hydroxylation sites is 1. The van der Waals surface area contributed by atoms with Crippen molar-refractivity contribution in [2.45, 2.75) is 0 Å². The van der Waals surface area contributed by atoms with Crippen molar-refractivity contribution in [3.63, 3.8) is 0 Å². The zero-order valence-electron chi connectivity index (χ0n) is 7.58. The predicted molar refractivity (Wildman–Crippen MR) is 54.0 cm³/mol. The van der Waals surface area contributed by atoms with E-state index >= 15 is 0 Å². The summed E-state index contributed by atoms with van der Waals surface area (Å²) in [4.78, 5) is 0. The van der Waals surface area contributed by atoms with Crippen LogP contribution in [0, 0.1) is 0 Å². The molecule has 3 heteroatoms. The molecule has 0 saturated carbocycles. The van der Waals surface area contributed by atoms with Crippen molar-refractivity contribution in [2.24, 2.45) is 0 Å². The van der Waals surface area contributed by atoms with Gasteiger partial charge in [0.15, 0.2) is 0 Å². The fraction of sp³-hybridized carbons (Fsp3) is 0.200. The second-order valence-electron chi connectivity index (χ2n) is 2.40. The standard InChI is InChI=1S/C10H11ClO2/c1-12-7-6-8-4-3-5-9(11)10(8)13-2/h3-7H,1-2H3. The highest BCUT2D eigenvalue weighted by molar-refractivity contribution is 6.32. The molecule has 0 radical (unpaired) electrons. The number of hydrogen-bond acceptors (Lipinski definition) is 2. The van der Waals surface area contributed by atoms with Gasteiger partial charge in [0.05, 0.1) is 25.5 Å². The third-order valence-corrected chi connectivity index (χ3v) is 1.88. The van der Waals surface area contributed by atoms with E-state index in [1.54, 1.807) is 32.6 Å². The molecule has 1 aromatic rings. The maximum absolute atomic E-state index is 5.91. The van der Waals surface area contributed by atoms with Crippen LogP contribution in [0.1, 0.15) is 5.56 Å². The van der Waals surface area contributed by atoms with E-state index in [1.165, 1.54) is 0 Å². The van der Waals surface area contributed by atoms with Crippen LogP contribution < -0.4 is 4.74 Å². The van der Waals surface area contributed by atoms with Crippen LogP contribution in [0.2, 0.25) is 5.02 Å². The summed E-state index contributed by atoms with van der Waals surface area (Å²) in [5, 5.41) is 0.598. The molecule has 0 aliphatic rings. The number of methoxy groups -OCH3 is 2. The van der Waals surface area contributed by atoms with E-state index in [4.69, 9.17) is 21.1 Å². The van der Waals surface area contributed by atoms with Crippen molar-refractivity contribution in [3.05, 3.63) is 35.0 Å². The quantitative estimate of drug-likeness (QED) is 0.696. The molecule has 1 rings (SSSR count). The normalized spacial score (nSPS) is 10.4. The van der Waals surface area contributed by atoms with Gasteiger partial charge in [0, 0.05) is 5.56 Å². The molecule has 0 heterocycles. The van der Waals surface area contributed by atoms with Gasteiger partial charge >= 0.3 is 0 Å². The lowest BCUT2D eigenvalue weighted by Crippen LogP contribution is -1.87. The molecule has 0 atom stereocenters. The van der Waals surface area contributed by atoms with Gasteiger partial charge in [-0.05, 0) is 12.1 Å². The summed E-state index contributed by atoms with van der Waals surface area (Å²) in [6, 6.07) is 5.55. The molecule has 13 heavy (non-hydrogen) atoms. The number of hydrogen-bond donors (Lipinski definition) is 0. The minimum atomic E-state index is 0.598. The van der Waals surface area contributed by atoms with E-state index in [2.05, 4.69) is 0 Å². The van der Waals surface area contributed by atoms with Gasteiger partial charge in [0.25, 0.3) is 0 Å². The van der Waals surface area contributed by atoms with Gasteiger partial charge in [-0.2, -0.15) is 0 Å². The van der Waals surface area contributed by atoms with E-state index < -0.39 is 0 Å². The Kier molecular flexibility index (Phi) is 3.65. The van der Waals surface area contributed by atoms with Gasteiger partial charge in [0.2, 0.25) is 0 Å². The van der Waals surface area contributed by atoms with Crippen LogP contribution in [0.5, 0.6) is 5.75 Å². The van der Waals surface area contributed by atoms with Gasteiger partial charge in [-0.25, -0.2) is 0 Å². The summed E-state index contributed by atoms with van der Waals surface area (Å²) in [7, 11) is 3.18. The van der Waals surface area contributed by atoms with Gasteiger partial charge in [0.1, 0.15) is 5.75 Å².